The summed E-state index contributed by atoms with van der Waals surface area (Å²) in [6, 6.07) is 10.2. The van der Waals surface area contributed by atoms with Crippen molar-refractivity contribution in [3.05, 3.63) is 54.1 Å². The van der Waals surface area contributed by atoms with Crippen LogP contribution in [0.25, 0.3) is 32.3 Å². The van der Waals surface area contributed by atoms with Gasteiger partial charge in [-0.3, -0.25) is 4.79 Å². The molecule has 184 valence electrons. The Hall–Kier alpha value is -2.93. The minimum Gasteiger partial charge on any atom is -0.507 e. The quantitative estimate of drug-likeness (QED) is 0.0609. The van der Waals surface area contributed by atoms with E-state index >= 15 is 0 Å². The van der Waals surface area contributed by atoms with Crippen LogP contribution in [0.15, 0.2) is 58.3 Å². The molecule has 0 aliphatic heterocycles. The molecular formula is C24H24N2O7S2. The highest BCUT2D eigenvalue weighted by molar-refractivity contribution is 7.94. The lowest BCUT2D eigenvalue weighted by molar-refractivity contribution is -0.432. The molecule has 0 aliphatic carbocycles. The summed E-state index contributed by atoms with van der Waals surface area (Å²) >= 11 is 0.820. The number of rotatable bonds is 10. The number of amides is 1. The van der Waals surface area contributed by atoms with E-state index in [2.05, 4.69) is 26.0 Å². The van der Waals surface area contributed by atoms with Crippen molar-refractivity contribution in [2.24, 2.45) is 0 Å². The van der Waals surface area contributed by atoms with Crippen molar-refractivity contribution >= 4 is 60.3 Å². The molecule has 0 unspecified atom stereocenters. The lowest BCUT2D eigenvalue weighted by atomic mass is 9.92. The first kappa shape index (κ1) is 25.2. The van der Waals surface area contributed by atoms with E-state index in [9.17, 15) is 18.3 Å². The van der Waals surface area contributed by atoms with Crippen molar-refractivity contribution in [2.45, 2.75) is 30.1 Å². The smallest absolute Gasteiger partial charge is 0.246 e. The summed E-state index contributed by atoms with van der Waals surface area (Å²) in [6.07, 6.45) is 0.378. The van der Waals surface area contributed by atoms with Gasteiger partial charge in [0.05, 0.1) is 16.9 Å². The molecular weight excluding hydrogens is 492 g/mol. The van der Waals surface area contributed by atoms with Crippen molar-refractivity contribution < 1.29 is 32.9 Å². The van der Waals surface area contributed by atoms with Crippen molar-refractivity contribution in [3.63, 3.8) is 0 Å². The normalized spacial score (nSPS) is 12.1. The molecule has 11 heteroatoms. The van der Waals surface area contributed by atoms with Gasteiger partial charge in [0.15, 0.2) is 0 Å². The van der Waals surface area contributed by atoms with Gasteiger partial charge in [-0.25, -0.2) is 18.4 Å². The number of phenolic OH excluding ortho intramolecular Hbond substituents is 1. The summed E-state index contributed by atoms with van der Waals surface area (Å²) in [6.45, 7) is 7.44. The van der Waals surface area contributed by atoms with E-state index in [4.69, 9.17) is 5.26 Å². The molecule has 0 atom stereocenters. The van der Waals surface area contributed by atoms with Crippen LogP contribution in [0.4, 0.5) is 0 Å². The first-order valence-corrected chi connectivity index (χ1v) is 12.9. The number of hydrogen-bond acceptors (Lipinski definition) is 8. The number of carbonyl (C=O) groups excluding carboxylic acids is 1. The van der Waals surface area contributed by atoms with Gasteiger partial charge in [0.25, 0.3) is 0 Å². The zero-order valence-electron chi connectivity index (χ0n) is 19.0. The average molecular weight is 517 g/mol. The molecule has 9 nitrogen and oxygen atoms in total. The zero-order chi connectivity index (χ0) is 25.3. The van der Waals surface area contributed by atoms with Crippen molar-refractivity contribution in [1.29, 1.82) is 0 Å². The Balaban J connectivity index is 1.76. The van der Waals surface area contributed by atoms with E-state index in [1.54, 1.807) is 25.1 Å². The highest BCUT2D eigenvalue weighted by Gasteiger charge is 2.23. The fraction of sp³-hybridized carbons (Fsp3) is 0.208. The number of carbonyl (C=O) groups is 1. The largest absolute Gasteiger partial charge is 0.507 e. The second-order valence-electron chi connectivity index (χ2n) is 8.17. The predicted molar refractivity (Wildman–Crippen MR) is 135 cm³/mol. The summed E-state index contributed by atoms with van der Waals surface area (Å²) in [5, 5.41) is 29.7. The third-order valence-corrected chi connectivity index (χ3v) is 7.92. The van der Waals surface area contributed by atoms with Crippen molar-refractivity contribution in [3.8, 4) is 5.75 Å². The number of aryl methyl sites for hydroxylation is 1. The molecule has 0 saturated carbocycles. The maximum absolute atomic E-state index is 13.2. The summed E-state index contributed by atoms with van der Waals surface area (Å²) in [5.41, 5.74) is 1.28. The van der Waals surface area contributed by atoms with Crippen LogP contribution in [0.5, 0.6) is 5.75 Å². The number of sulfonamides is 1. The van der Waals surface area contributed by atoms with Gasteiger partial charge in [0, 0.05) is 45.8 Å². The Morgan fingerprint density at radius 2 is 1.71 bits per heavy atom. The molecule has 4 aromatic rings. The molecule has 0 radical (unpaired) electrons. The van der Waals surface area contributed by atoms with Crippen molar-refractivity contribution in [1.82, 2.24) is 10.0 Å². The highest BCUT2D eigenvalue weighted by atomic mass is 32.2. The van der Waals surface area contributed by atoms with Crippen LogP contribution >= 0.6 is 12.0 Å². The Kier molecular flexibility index (Phi) is 7.17. The van der Waals surface area contributed by atoms with Crippen LogP contribution in [0, 0.1) is 6.92 Å². The molecule has 0 heterocycles. The Morgan fingerprint density at radius 1 is 1.06 bits per heavy atom. The van der Waals surface area contributed by atoms with Crippen LogP contribution in [0.3, 0.4) is 0 Å². The average Bonchev–Trinajstić information content (AvgIpc) is 2.82. The molecule has 1 amide bonds. The first-order valence-electron chi connectivity index (χ1n) is 10.7. The standard InChI is InChI=1S/C24H24N2O7S2/c1-13(2)24(28)25-9-4-10-26-35(30,31)21-12-19(27)16-6-5-15-14(3)11-20(34-33-32-29)17-7-8-18(21)23(16)22(15)17/h5-8,11-12,26-27,29H,1,4,9-10H2,2-3H3,(H,25,28). The van der Waals surface area contributed by atoms with Crippen LogP contribution in [-0.2, 0) is 24.2 Å². The molecule has 0 fully saturated rings. The molecule has 4 rings (SSSR count). The van der Waals surface area contributed by atoms with Gasteiger partial charge < -0.3 is 10.4 Å². The van der Waals surface area contributed by atoms with Crippen molar-refractivity contribution in [2.75, 3.05) is 13.1 Å². The van der Waals surface area contributed by atoms with Crippen LogP contribution < -0.4 is 10.0 Å². The van der Waals surface area contributed by atoms with Gasteiger partial charge in [0.1, 0.15) is 5.75 Å². The van der Waals surface area contributed by atoms with E-state index in [1.165, 1.54) is 6.07 Å². The molecule has 4 aromatic carbocycles. The molecule has 0 spiro atoms. The van der Waals surface area contributed by atoms with Gasteiger partial charge in [-0.2, -0.15) is 0 Å². The fourth-order valence-electron chi connectivity index (χ4n) is 4.15. The number of nitrogens with one attached hydrogen (secondary N) is 2. The third kappa shape index (κ3) is 4.79. The molecule has 0 aliphatic rings. The minimum atomic E-state index is -3.98. The maximum atomic E-state index is 13.2. The SMILES string of the molecule is C=C(C)C(=O)NCCCNS(=O)(=O)c1cc(O)c2ccc3c(C)cc(SOOO)c4ccc1c2c34. The van der Waals surface area contributed by atoms with E-state index in [-0.39, 0.29) is 29.6 Å². The number of phenols is 1. The van der Waals surface area contributed by atoms with Crippen LogP contribution in [0.2, 0.25) is 0 Å². The number of aromatic hydroxyl groups is 1. The summed E-state index contributed by atoms with van der Waals surface area (Å²) in [5.74, 6) is -0.444. The topological polar surface area (TPSA) is 134 Å². The van der Waals surface area contributed by atoms with Crippen LogP contribution in [0.1, 0.15) is 18.9 Å². The summed E-state index contributed by atoms with van der Waals surface area (Å²) in [7, 11) is -3.98. The van der Waals surface area contributed by atoms with E-state index in [1.807, 2.05) is 19.1 Å². The molecule has 0 aromatic heterocycles. The zero-order valence-corrected chi connectivity index (χ0v) is 20.7. The molecule has 4 N–H and O–H groups in total. The number of benzene rings is 4. The predicted octanol–water partition coefficient (Wildman–Crippen LogP) is 4.39. The first-order chi connectivity index (χ1) is 16.7. The Morgan fingerprint density at radius 3 is 2.43 bits per heavy atom. The Labute approximate surface area is 206 Å². The fourth-order valence-corrected chi connectivity index (χ4v) is 6.03. The van der Waals surface area contributed by atoms with Gasteiger partial charge in [0.2, 0.25) is 15.9 Å². The monoisotopic (exact) mass is 516 g/mol. The van der Waals surface area contributed by atoms with E-state index in [0.29, 0.717) is 33.0 Å². The third-order valence-electron chi connectivity index (χ3n) is 5.77. The van der Waals surface area contributed by atoms with Gasteiger partial charge in [-0.05, 0) is 54.1 Å². The Bertz CT molecular complexity index is 1550. The van der Waals surface area contributed by atoms with Gasteiger partial charge in [-0.1, -0.05) is 29.8 Å². The molecule has 0 saturated heterocycles. The van der Waals surface area contributed by atoms with Gasteiger partial charge >= 0.3 is 0 Å². The van der Waals surface area contributed by atoms with E-state index < -0.39 is 10.0 Å². The highest BCUT2D eigenvalue weighted by Crippen LogP contribution is 2.44. The molecule has 35 heavy (non-hydrogen) atoms. The van der Waals surface area contributed by atoms with E-state index in [0.717, 1.165) is 33.8 Å². The lowest BCUT2D eigenvalue weighted by Crippen LogP contribution is -2.30. The summed E-state index contributed by atoms with van der Waals surface area (Å²) < 4.78 is 33.6. The second-order valence-corrected chi connectivity index (χ2v) is 10.6. The van der Waals surface area contributed by atoms with Gasteiger partial charge in [-0.15, -0.1) is 4.33 Å². The maximum Gasteiger partial charge on any atom is 0.246 e. The van der Waals surface area contributed by atoms with Crippen LogP contribution in [-0.4, -0.2) is 37.8 Å². The lowest BCUT2D eigenvalue weighted by Gasteiger charge is -2.18. The minimum absolute atomic E-state index is 0.0477. The number of hydrogen-bond donors (Lipinski definition) is 4. The second kappa shape index (κ2) is 9.97. The molecule has 0 bridgehead atoms. The summed E-state index contributed by atoms with van der Waals surface area (Å²) in [4.78, 5) is 12.2.